The SMILES string of the molecule is CC(C)Oc1ccc(C(=O)CBr)cc1-n1c(CC2(O)CCN(C(=O)OC(C)(C)C)CC2)nc2ccccc2c1=O. The first-order chi connectivity index (χ1) is 18.8. The second kappa shape index (κ2) is 11.7. The Balaban J connectivity index is 1.78. The van der Waals surface area contributed by atoms with Crippen molar-refractivity contribution < 1.29 is 24.2 Å². The minimum absolute atomic E-state index is 0.0625. The first-order valence-corrected chi connectivity index (χ1v) is 14.5. The van der Waals surface area contributed by atoms with Gasteiger partial charge in [0.1, 0.15) is 17.2 Å². The standard InChI is InChI=1S/C30H36BrN3O6/c1-19(2)39-25-11-10-20(24(35)18-31)16-23(25)34-26(32-22-9-7-6-8-21(22)27(34)36)17-30(38)12-14-33(15-13-30)28(37)40-29(3,4)5/h6-11,16,19,38H,12-15,17-18H2,1-5H3. The lowest BCUT2D eigenvalue weighted by molar-refractivity contribution is -0.0327. The second-order valence-corrected chi connectivity index (χ2v) is 12.0. The molecule has 10 heteroatoms. The van der Waals surface area contributed by atoms with Gasteiger partial charge in [-0.1, -0.05) is 28.1 Å². The first kappa shape index (κ1) is 29.7. The van der Waals surface area contributed by atoms with E-state index in [0.29, 0.717) is 46.8 Å². The molecule has 1 aromatic heterocycles. The predicted molar refractivity (Wildman–Crippen MR) is 157 cm³/mol. The van der Waals surface area contributed by atoms with Gasteiger partial charge >= 0.3 is 6.09 Å². The van der Waals surface area contributed by atoms with Crippen LogP contribution in [0.1, 0.15) is 63.6 Å². The molecule has 2 heterocycles. The Morgan fingerprint density at radius 1 is 1.12 bits per heavy atom. The molecule has 0 aliphatic carbocycles. The molecule has 3 aromatic rings. The smallest absolute Gasteiger partial charge is 0.410 e. The van der Waals surface area contributed by atoms with Crippen molar-refractivity contribution in [2.24, 2.45) is 0 Å². The van der Waals surface area contributed by atoms with E-state index in [9.17, 15) is 19.5 Å². The number of nitrogens with zero attached hydrogens (tertiary/aromatic N) is 3. The van der Waals surface area contributed by atoms with Crippen molar-refractivity contribution in [2.45, 2.75) is 71.2 Å². The van der Waals surface area contributed by atoms with Crippen LogP contribution in [0, 0.1) is 0 Å². The lowest BCUT2D eigenvalue weighted by Crippen LogP contribution is -2.49. The molecule has 0 atom stereocenters. The monoisotopic (exact) mass is 613 g/mol. The third-order valence-corrected chi connectivity index (χ3v) is 7.19. The van der Waals surface area contributed by atoms with E-state index in [1.807, 2.05) is 34.6 Å². The fourth-order valence-corrected chi connectivity index (χ4v) is 5.07. The van der Waals surface area contributed by atoms with Gasteiger partial charge in [-0.25, -0.2) is 9.78 Å². The van der Waals surface area contributed by atoms with Crippen LogP contribution >= 0.6 is 15.9 Å². The molecule has 1 N–H and O–H groups in total. The van der Waals surface area contributed by atoms with Gasteiger partial charge in [0.2, 0.25) is 0 Å². The number of carbonyl (C=O) groups is 2. The summed E-state index contributed by atoms with van der Waals surface area (Å²) in [6.45, 7) is 9.81. The number of alkyl halides is 1. The number of hydrogen-bond donors (Lipinski definition) is 1. The molecule has 4 rings (SSSR count). The maximum Gasteiger partial charge on any atom is 0.410 e. The van der Waals surface area contributed by atoms with Crippen LogP contribution in [0.3, 0.4) is 0 Å². The number of piperidine rings is 1. The molecule has 1 fully saturated rings. The molecule has 1 aliphatic rings. The summed E-state index contributed by atoms with van der Waals surface area (Å²) >= 11 is 3.22. The van der Waals surface area contributed by atoms with Gasteiger partial charge in [0, 0.05) is 25.1 Å². The van der Waals surface area contributed by atoms with Gasteiger partial charge < -0.3 is 19.5 Å². The van der Waals surface area contributed by atoms with E-state index in [1.165, 1.54) is 4.57 Å². The molecule has 0 radical (unpaired) electrons. The van der Waals surface area contributed by atoms with Gasteiger partial charge in [-0.3, -0.25) is 14.2 Å². The van der Waals surface area contributed by atoms with Crippen molar-refractivity contribution in [1.29, 1.82) is 0 Å². The highest BCUT2D eigenvalue weighted by atomic mass is 79.9. The van der Waals surface area contributed by atoms with Crippen molar-refractivity contribution in [3.8, 4) is 11.4 Å². The third-order valence-electron chi connectivity index (χ3n) is 6.68. The summed E-state index contributed by atoms with van der Waals surface area (Å²) in [5.41, 5.74) is -0.854. The van der Waals surface area contributed by atoms with E-state index in [-0.39, 0.29) is 42.0 Å². The summed E-state index contributed by atoms with van der Waals surface area (Å²) in [6, 6.07) is 12.0. The zero-order valence-electron chi connectivity index (χ0n) is 23.6. The number of halogens is 1. The van der Waals surface area contributed by atoms with E-state index < -0.39 is 17.3 Å². The molecular formula is C30H36BrN3O6. The molecule has 1 saturated heterocycles. The van der Waals surface area contributed by atoms with E-state index in [1.54, 1.807) is 47.4 Å². The number of aromatic nitrogens is 2. The molecule has 0 spiro atoms. The number of amides is 1. The summed E-state index contributed by atoms with van der Waals surface area (Å²) in [7, 11) is 0. The van der Waals surface area contributed by atoms with Crippen LogP contribution in [0.4, 0.5) is 4.79 Å². The van der Waals surface area contributed by atoms with E-state index in [4.69, 9.17) is 14.5 Å². The second-order valence-electron chi connectivity index (χ2n) is 11.5. The molecule has 0 bridgehead atoms. The summed E-state index contributed by atoms with van der Waals surface area (Å²) < 4.78 is 13.0. The Kier molecular flexibility index (Phi) is 8.70. The summed E-state index contributed by atoms with van der Waals surface area (Å²) in [5.74, 6) is 0.621. The maximum atomic E-state index is 14.0. The van der Waals surface area contributed by atoms with Crippen molar-refractivity contribution in [3.63, 3.8) is 0 Å². The quantitative estimate of drug-likeness (QED) is 0.293. The summed E-state index contributed by atoms with van der Waals surface area (Å²) in [5, 5.41) is 12.2. The number of ether oxygens (including phenoxy) is 2. The van der Waals surface area contributed by atoms with Crippen LogP contribution < -0.4 is 10.3 Å². The summed E-state index contributed by atoms with van der Waals surface area (Å²) in [4.78, 5) is 45.5. The average Bonchev–Trinajstić information content (AvgIpc) is 2.88. The lowest BCUT2D eigenvalue weighted by Gasteiger charge is -2.38. The highest BCUT2D eigenvalue weighted by Crippen LogP contribution is 2.31. The van der Waals surface area contributed by atoms with Gasteiger partial charge in [0.05, 0.1) is 33.6 Å². The molecule has 40 heavy (non-hydrogen) atoms. The van der Waals surface area contributed by atoms with Crippen molar-refractivity contribution >= 4 is 38.7 Å². The number of fused-ring (bicyclic) bond motifs is 1. The number of aliphatic hydroxyl groups is 1. The van der Waals surface area contributed by atoms with E-state index in [0.717, 1.165) is 0 Å². The van der Waals surface area contributed by atoms with Gasteiger partial charge in [-0.15, -0.1) is 0 Å². The number of ketones is 1. The Morgan fingerprint density at radius 3 is 2.42 bits per heavy atom. The maximum absolute atomic E-state index is 14.0. The van der Waals surface area contributed by atoms with Gasteiger partial charge in [-0.2, -0.15) is 0 Å². The fourth-order valence-electron chi connectivity index (χ4n) is 4.75. The highest BCUT2D eigenvalue weighted by molar-refractivity contribution is 9.09. The van der Waals surface area contributed by atoms with E-state index >= 15 is 0 Å². The lowest BCUT2D eigenvalue weighted by atomic mass is 9.87. The Morgan fingerprint density at radius 2 is 1.80 bits per heavy atom. The third kappa shape index (κ3) is 6.72. The van der Waals surface area contributed by atoms with Gasteiger partial charge in [-0.05, 0) is 77.8 Å². The van der Waals surface area contributed by atoms with E-state index in [2.05, 4.69) is 15.9 Å². The van der Waals surface area contributed by atoms with Crippen molar-refractivity contribution in [1.82, 2.24) is 14.5 Å². The first-order valence-electron chi connectivity index (χ1n) is 13.4. The fraction of sp³-hybridized carbons (Fsp3) is 0.467. The van der Waals surface area contributed by atoms with Gasteiger partial charge in [0.25, 0.3) is 5.56 Å². The number of Topliss-reactive ketones (excluding diaryl/α,β-unsaturated/α-hetero) is 1. The average molecular weight is 615 g/mol. The Labute approximate surface area is 242 Å². The van der Waals surface area contributed by atoms with Crippen LogP contribution in [-0.2, 0) is 11.2 Å². The molecule has 1 amide bonds. The molecule has 9 nitrogen and oxygen atoms in total. The molecule has 214 valence electrons. The molecular weight excluding hydrogens is 578 g/mol. The highest BCUT2D eigenvalue weighted by Gasteiger charge is 2.37. The number of para-hydroxylation sites is 1. The Hall–Kier alpha value is -3.24. The number of benzene rings is 2. The molecule has 2 aromatic carbocycles. The topological polar surface area (TPSA) is 111 Å². The van der Waals surface area contributed by atoms with Crippen LogP contribution in [-0.4, -0.2) is 67.2 Å². The van der Waals surface area contributed by atoms with Gasteiger partial charge in [0.15, 0.2) is 5.78 Å². The van der Waals surface area contributed by atoms with Crippen molar-refractivity contribution in [3.05, 3.63) is 64.2 Å². The number of rotatable bonds is 7. The molecule has 0 unspecified atom stereocenters. The van der Waals surface area contributed by atoms with Crippen LogP contribution in [0.5, 0.6) is 5.75 Å². The minimum Gasteiger partial charge on any atom is -0.489 e. The largest absolute Gasteiger partial charge is 0.489 e. The van der Waals surface area contributed by atoms with Crippen LogP contribution in [0.15, 0.2) is 47.3 Å². The number of hydrogen-bond acceptors (Lipinski definition) is 7. The Bertz CT molecular complexity index is 1470. The van der Waals surface area contributed by atoms with Crippen molar-refractivity contribution in [2.75, 3.05) is 18.4 Å². The van der Waals surface area contributed by atoms with Crippen LogP contribution in [0.2, 0.25) is 0 Å². The number of likely N-dealkylation sites (tertiary alicyclic amines) is 1. The van der Waals surface area contributed by atoms with Crippen LogP contribution in [0.25, 0.3) is 16.6 Å². The minimum atomic E-state index is -1.22. The zero-order chi connectivity index (χ0) is 29.2. The molecule has 1 aliphatic heterocycles. The summed E-state index contributed by atoms with van der Waals surface area (Å²) in [6.07, 6.45) is 0.0237. The zero-order valence-corrected chi connectivity index (χ0v) is 25.2. The predicted octanol–water partition coefficient (Wildman–Crippen LogP) is 5.06. The number of carbonyl (C=O) groups excluding carboxylic acids is 2. The molecule has 0 saturated carbocycles. The normalized spacial score (nSPS) is 15.3.